The van der Waals surface area contributed by atoms with Crippen LogP contribution in [0.2, 0.25) is 0 Å². The van der Waals surface area contributed by atoms with Crippen LogP contribution < -0.4 is 0 Å². The molecule has 0 atom stereocenters. The fourth-order valence-electron chi connectivity index (χ4n) is 2.65. The summed E-state index contributed by atoms with van der Waals surface area (Å²) >= 11 is 0. The molecule has 0 bridgehead atoms. The summed E-state index contributed by atoms with van der Waals surface area (Å²) in [6, 6.07) is 11.5. The average molecular weight is 325 g/mol. The Balaban J connectivity index is 2.66. The van der Waals surface area contributed by atoms with Crippen LogP contribution in [0.4, 0.5) is 5.69 Å². The molecule has 0 aliphatic rings. The van der Waals surface area contributed by atoms with Gasteiger partial charge in [-0.05, 0) is 28.5 Å². The van der Waals surface area contributed by atoms with Gasteiger partial charge in [0.1, 0.15) is 0 Å². The Morgan fingerprint density at radius 1 is 0.792 bits per heavy atom. The Labute approximate surface area is 144 Å². The third kappa shape index (κ3) is 3.78. The second-order valence-electron chi connectivity index (χ2n) is 8.18. The first-order chi connectivity index (χ1) is 11.0. The van der Waals surface area contributed by atoms with E-state index in [9.17, 15) is 10.2 Å². The number of para-hydroxylation sites is 1. The molecule has 0 saturated heterocycles. The first kappa shape index (κ1) is 18.1. The molecule has 0 fully saturated rings. The van der Waals surface area contributed by atoms with E-state index in [1.165, 1.54) is 0 Å². The maximum Gasteiger partial charge on any atom is 0.167 e. The Hall–Kier alpha value is -2.29. The lowest BCUT2D eigenvalue weighted by Crippen LogP contribution is -2.19. The maximum absolute atomic E-state index is 10.6. The summed E-state index contributed by atoms with van der Waals surface area (Å²) in [5.41, 5.74) is 2.61. The van der Waals surface area contributed by atoms with Gasteiger partial charge in [0.2, 0.25) is 0 Å². The van der Waals surface area contributed by atoms with E-state index in [-0.39, 0.29) is 22.3 Å². The molecule has 2 aromatic rings. The summed E-state index contributed by atoms with van der Waals surface area (Å²) in [5.74, 6) is -0.169. The topological polar surface area (TPSA) is 52.8 Å². The lowest BCUT2D eigenvalue weighted by molar-refractivity contribution is 0.386. The largest absolute Gasteiger partial charge is 0.504 e. The van der Waals surface area contributed by atoms with Crippen molar-refractivity contribution in [2.75, 3.05) is 0 Å². The van der Waals surface area contributed by atoms with E-state index in [0.29, 0.717) is 5.56 Å². The smallest absolute Gasteiger partial charge is 0.167 e. The van der Waals surface area contributed by atoms with Gasteiger partial charge in [-0.25, -0.2) is 0 Å². The highest BCUT2D eigenvalue weighted by Crippen LogP contribution is 2.43. The van der Waals surface area contributed by atoms with E-state index in [2.05, 4.69) is 25.8 Å². The molecule has 3 heteroatoms. The molecule has 2 aromatic carbocycles. The number of hydrogen-bond acceptors (Lipinski definition) is 3. The first-order valence-electron chi connectivity index (χ1n) is 8.21. The zero-order valence-electron chi connectivity index (χ0n) is 15.4. The van der Waals surface area contributed by atoms with Crippen LogP contribution in [0.3, 0.4) is 0 Å². The Bertz CT molecular complexity index is 748. The van der Waals surface area contributed by atoms with Gasteiger partial charge in [-0.3, -0.25) is 4.99 Å². The summed E-state index contributed by atoms with van der Waals surface area (Å²) in [6.45, 7) is 12.3. The molecule has 0 heterocycles. The summed E-state index contributed by atoms with van der Waals surface area (Å²) in [4.78, 5) is 4.45. The molecule has 0 aliphatic carbocycles. The highest BCUT2D eigenvalue weighted by atomic mass is 16.3. The number of phenols is 2. The van der Waals surface area contributed by atoms with Crippen molar-refractivity contribution < 1.29 is 10.2 Å². The van der Waals surface area contributed by atoms with Crippen molar-refractivity contribution in [2.45, 2.75) is 52.4 Å². The van der Waals surface area contributed by atoms with Crippen LogP contribution in [0.1, 0.15) is 58.2 Å². The quantitative estimate of drug-likeness (QED) is 0.570. The van der Waals surface area contributed by atoms with Gasteiger partial charge in [0.05, 0.1) is 5.69 Å². The molecular weight excluding hydrogens is 298 g/mol. The molecule has 0 amide bonds. The van der Waals surface area contributed by atoms with Gasteiger partial charge in [-0.15, -0.1) is 0 Å². The van der Waals surface area contributed by atoms with Gasteiger partial charge in [-0.1, -0.05) is 65.8 Å². The molecule has 2 N–H and O–H groups in total. The van der Waals surface area contributed by atoms with Gasteiger partial charge in [0.15, 0.2) is 11.5 Å². The number of hydrogen-bond donors (Lipinski definition) is 2. The second-order valence-corrected chi connectivity index (χ2v) is 8.18. The molecule has 0 spiro atoms. The molecule has 0 radical (unpaired) electrons. The molecule has 24 heavy (non-hydrogen) atoms. The van der Waals surface area contributed by atoms with E-state index < -0.39 is 0 Å². The predicted octanol–water partition coefficient (Wildman–Crippen LogP) is 5.44. The summed E-state index contributed by atoms with van der Waals surface area (Å²) < 4.78 is 0. The number of benzene rings is 2. The molecular formula is C21H27NO2. The molecule has 2 rings (SSSR count). The van der Waals surface area contributed by atoms with Crippen LogP contribution in [-0.2, 0) is 10.8 Å². The number of aromatic hydroxyl groups is 2. The van der Waals surface area contributed by atoms with Crippen LogP contribution >= 0.6 is 0 Å². The monoisotopic (exact) mass is 325 g/mol. The highest BCUT2D eigenvalue weighted by molar-refractivity contribution is 5.89. The number of nitrogens with zero attached hydrogens (tertiary/aromatic N) is 1. The van der Waals surface area contributed by atoms with Crippen LogP contribution in [0, 0.1) is 0 Å². The minimum atomic E-state index is -0.267. The second kappa shape index (κ2) is 6.31. The first-order valence-corrected chi connectivity index (χ1v) is 8.21. The third-order valence-corrected chi connectivity index (χ3v) is 4.03. The molecule has 0 saturated carbocycles. The van der Waals surface area contributed by atoms with Crippen LogP contribution in [-0.4, -0.2) is 16.4 Å². The third-order valence-electron chi connectivity index (χ3n) is 4.03. The zero-order chi connectivity index (χ0) is 18.1. The molecule has 0 aromatic heterocycles. The zero-order valence-corrected chi connectivity index (χ0v) is 15.4. The predicted molar refractivity (Wildman–Crippen MR) is 101 cm³/mol. The van der Waals surface area contributed by atoms with Gasteiger partial charge in [0, 0.05) is 17.3 Å². The highest BCUT2D eigenvalue weighted by Gasteiger charge is 2.28. The van der Waals surface area contributed by atoms with Gasteiger partial charge < -0.3 is 10.2 Å². The normalized spacial score (nSPS) is 12.8. The van der Waals surface area contributed by atoms with E-state index >= 15 is 0 Å². The van der Waals surface area contributed by atoms with Crippen molar-refractivity contribution in [3.8, 4) is 11.5 Å². The minimum Gasteiger partial charge on any atom is -0.504 e. The van der Waals surface area contributed by atoms with Gasteiger partial charge >= 0.3 is 0 Å². The molecule has 3 nitrogen and oxygen atoms in total. The molecule has 128 valence electrons. The Kier molecular flexibility index (Phi) is 4.75. The van der Waals surface area contributed by atoms with Crippen molar-refractivity contribution in [1.29, 1.82) is 0 Å². The fourth-order valence-corrected chi connectivity index (χ4v) is 2.65. The van der Waals surface area contributed by atoms with Crippen molar-refractivity contribution >= 4 is 11.9 Å². The van der Waals surface area contributed by atoms with E-state index in [1.54, 1.807) is 6.21 Å². The molecule has 0 aliphatic heterocycles. The van der Waals surface area contributed by atoms with Crippen LogP contribution in [0.15, 0.2) is 41.4 Å². The van der Waals surface area contributed by atoms with Crippen molar-refractivity contribution in [3.05, 3.63) is 53.1 Å². The summed E-state index contributed by atoms with van der Waals surface area (Å²) in [7, 11) is 0. The number of phenolic OH excluding ortho intramolecular Hbond substituents is 2. The van der Waals surface area contributed by atoms with Gasteiger partial charge in [0.25, 0.3) is 0 Å². The van der Waals surface area contributed by atoms with E-state index in [0.717, 1.165) is 16.8 Å². The summed E-state index contributed by atoms with van der Waals surface area (Å²) in [5, 5.41) is 21.1. The fraction of sp³-hybridized carbons (Fsp3) is 0.381. The van der Waals surface area contributed by atoms with Crippen LogP contribution in [0.25, 0.3) is 0 Å². The summed E-state index contributed by atoms with van der Waals surface area (Å²) in [6.07, 6.45) is 1.64. The van der Waals surface area contributed by atoms with Crippen molar-refractivity contribution in [3.63, 3.8) is 0 Å². The van der Waals surface area contributed by atoms with E-state index in [1.807, 2.05) is 57.2 Å². The van der Waals surface area contributed by atoms with Crippen molar-refractivity contribution in [2.24, 2.45) is 4.99 Å². The van der Waals surface area contributed by atoms with Gasteiger partial charge in [-0.2, -0.15) is 0 Å². The minimum absolute atomic E-state index is 0.0648. The van der Waals surface area contributed by atoms with Crippen molar-refractivity contribution in [1.82, 2.24) is 0 Å². The SMILES string of the molecule is CC(C)(C)c1cc(C(C)(C)C)c(C=Nc2ccccc2)c(O)c1O. The Morgan fingerprint density at radius 2 is 1.33 bits per heavy atom. The molecule has 0 unspecified atom stereocenters. The number of aliphatic imine (C=N–C) groups is 1. The standard InChI is InChI=1S/C21H27NO2/c1-20(2,3)16-12-17(21(4,5)6)19(24)18(23)15(16)13-22-14-10-8-7-9-11-14/h7-13,23-24H,1-6H3. The van der Waals surface area contributed by atoms with Crippen LogP contribution in [0.5, 0.6) is 11.5 Å². The lowest BCUT2D eigenvalue weighted by atomic mass is 9.77. The lowest BCUT2D eigenvalue weighted by Gasteiger charge is -2.28. The average Bonchev–Trinajstić information content (AvgIpc) is 2.47. The Morgan fingerprint density at radius 3 is 1.83 bits per heavy atom. The van der Waals surface area contributed by atoms with E-state index in [4.69, 9.17) is 0 Å². The number of rotatable bonds is 2. The maximum atomic E-state index is 10.6.